The SMILES string of the molecule is CC(=O)NC(CC(=O)N1C[C@@H](CN)[C@H](c2ccccc2)C1)c1cccs1. The summed E-state index contributed by atoms with van der Waals surface area (Å²) in [5.41, 5.74) is 7.21. The lowest BCUT2D eigenvalue weighted by atomic mass is 9.89. The van der Waals surface area contributed by atoms with Crippen molar-refractivity contribution >= 4 is 23.2 Å². The van der Waals surface area contributed by atoms with E-state index in [1.807, 2.05) is 40.6 Å². The van der Waals surface area contributed by atoms with Gasteiger partial charge in [0.2, 0.25) is 11.8 Å². The number of likely N-dealkylation sites (tertiary alicyclic amines) is 1. The molecule has 3 N–H and O–H groups in total. The first-order chi connectivity index (χ1) is 12.6. The number of thiophene rings is 1. The highest BCUT2D eigenvalue weighted by atomic mass is 32.1. The summed E-state index contributed by atoms with van der Waals surface area (Å²) in [6.07, 6.45) is 0.277. The van der Waals surface area contributed by atoms with Crippen LogP contribution < -0.4 is 11.1 Å². The van der Waals surface area contributed by atoms with Crippen molar-refractivity contribution in [2.75, 3.05) is 19.6 Å². The zero-order valence-corrected chi connectivity index (χ0v) is 15.7. The van der Waals surface area contributed by atoms with Crippen molar-refractivity contribution < 1.29 is 9.59 Å². The van der Waals surface area contributed by atoms with Crippen molar-refractivity contribution in [1.82, 2.24) is 10.2 Å². The van der Waals surface area contributed by atoms with Crippen molar-refractivity contribution in [3.63, 3.8) is 0 Å². The number of carbonyl (C=O) groups is 2. The minimum atomic E-state index is -0.271. The number of hydrogen-bond acceptors (Lipinski definition) is 4. The number of hydrogen-bond donors (Lipinski definition) is 2. The zero-order valence-electron chi connectivity index (χ0n) is 14.9. The van der Waals surface area contributed by atoms with Gasteiger partial charge >= 0.3 is 0 Å². The van der Waals surface area contributed by atoms with Crippen molar-refractivity contribution in [2.45, 2.75) is 25.3 Å². The Balaban J connectivity index is 1.70. The van der Waals surface area contributed by atoms with Crippen LogP contribution in [0.3, 0.4) is 0 Å². The van der Waals surface area contributed by atoms with Crippen LogP contribution in [0.4, 0.5) is 0 Å². The van der Waals surface area contributed by atoms with Gasteiger partial charge in [-0.05, 0) is 29.5 Å². The van der Waals surface area contributed by atoms with Crippen LogP contribution >= 0.6 is 11.3 Å². The molecule has 2 aromatic rings. The highest BCUT2D eigenvalue weighted by Crippen LogP contribution is 2.33. The molecule has 0 radical (unpaired) electrons. The fourth-order valence-electron chi connectivity index (χ4n) is 3.65. The Morgan fingerprint density at radius 2 is 2.00 bits per heavy atom. The van der Waals surface area contributed by atoms with Gasteiger partial charge in [0.25, 0.3) is 0 Å². The van der Waals surface area contributed by atoms with Gasteiger partial charge in [0.05, 0.1) is 12.5 Å². The fraction of sp³-hybridized carbons (Fsp3) is 0.400. The zero-order chi connectivity index (χ0) is 18.5. The number of rotatable bonds is 6. The van der Waals surface area contributed by atoms with E-state index in [2.05, 4.69) is 17.4 Å². The molecule has 1 unspecified atom stereocenters. The average Bonchev–Trinajstić information content (AvgIpc) is 3.31. The average molecular weight is 372 g/mol. The molecule has 26 heavy (non-hydrogen) atoms. The van der Waals surface area contributed by atoms with Crippen molar-refractivity contribution in [3.05, 3.63) is 58.3 Å². The van der Waals surface area contributed by atoms with Gasteiger partial charge < -0.3 is 16.0 Å². The monoisotopic (exact) mass is 371 g/mol. The van der Waals surface area contributed by atoms with Crippen molar-refractivity contribution in [2.24, 2.45) is 11.7 Å². The third kappa shape index (κ3) is 4.31. The van der Waals surface area contributed by atoms with Crippen LogP contribution in [-0.4, -0.2) is 36.3 Å². The quantitative estimate of drug-likeness (QED) is 0.819. The molecule has 5 nitrogen and oxygen atoms in total. The van der Waals surface area contributed by atoms with Gasteiger partial charge in [-0.1, -0.05) is 36.4 Å². The van der Waals surface area contributed by atoms with E-state index < -0.39 is 0 Å². The lowest BCUT2D eigenvalue weighted by molar-refractivity contribution is -0.131. The lowest BCUT2D eigenvalue weighted by Gasteiger charge is -2.21. The minimum Gasteiger partial charge on any atom is -0.348 e. The minimum absolute atomic E-state index is 0.0639. The van der Waals surface area contributed by atoms with Gasteiger partial charge in [-0.2, -0.15) is 0 Å². The summed E-state index contributed by atoms with van der Waals surface area (Å²) < 4.78 is 0. The number of nitrogens with zero attached hydrogens (tertiary/aromatic N) is 1. The standard InChI is InChI=1S/C20H25N3O2S/c1-14(24)22-18(19-8-5-9-26-19)10-20(25)23-12-16(11-21)17(13-23)15-6-3-2-4-7-15/h2-9,16-18H,10-13,21H2,1H3,(H,22,24)/t16-,17+,18?/m1/s1. The van der Waals surface area contributed by atoms with Crippen LogP contribution in [0.15, 0.2) is 47.8 Å². The molecule has 1 aromatic heterocycles. The molecule has 0 saturated carbocycles. The van der Waals surface area contributed by atoms with Gasteiger partial charge in [0.15, 0.2) is 0 Å². The summed E-state index contributed by atoms with van der Waals surface area (Å²) >= 11 is 1.55. The molecular formula is C20H25N3O2S. The number of nitrogens with two attached hydrogens (primary N) is 1. The molecule has 1 aliphatic rings. The maximum atomic E-state index is 12.9. The molecule has 0 aliphatic carbocycles. The van der Waals surface area contributed by atoms with E-state index in [-0.39, 0.29) is 36.1 Å². The summed E-state index contributed by atoms with van der Waals surface area (Å²) in [4.78, 5) is 27.4. The highest BCUT2D eigenvalue weighted by Gasteiger charge is 2.36. The maximum Gasteiger partial charge on any atom is 0.225 e. The topological polar surface area (TPSA) is 75.4 Å². The van der Waals surface area contributed by atoms with Crippen LogP contribution in [0.2, 0.25) is 0 Å². The molecule has 0 spiro atoms. The number of nitrogens with one attached hydrogen (secondary N) is 1. The van der Waals surface area contributed by atoms with E-state index in [0.717, 1.165) is 4.88 Å². The Hall–Kier alpha value is -2.18. The van der Waals surface area contributed by atoms with Crippen LogP contribution in [0, 0.1) is 5.92 Å². The summed E-state index contributed by atoms with van der Waals surface area (Å²) in [5, 5.41) is 4.86. The smallest absolute Gasteiger partial charge is 0.225 e. The summed E-state index contributed by atoms with van der Waals surface area (Å²) in [5.74, 6) is 0.474. The van der Waals surface area contributed by atoms with Gasteiger partial charge in [-0.3, -0.25) is 9.59 Å². The summed E-state index contributed by atoms with van der Waals surface area (Å²) in [6, 6.07) is 13.9. The normalized spacial score (nSPS) is 20.8. The molecule has 1 saturated heterocycles. The second-order valence-electron chi connectivity index (χ2n) is 6.78. The van der Waals surface area contributed by atoms with E-state index in [4.69, 9.17) is 5.73 Å². The first-order valence-corrected chi connectivity index (χ1v) is 9.79. The molecule has 2 heterocycles. The summed E-state index contributed by atoms with van der Waals surface area (Å²) in [6.45, 7) is 3.40. The maximum absolute atomic E-state index is 12.9. The molecule has 1 aliphatic heterocycles. The molecular weight excluding hydrogens is 346 g/mol. The molecule has 3 rings (SSSR count). The predicted molar refractivity (Wildman–Crippen MR) is 104 cm³/mol. The predicted octanol–water partition coefficient (Wildman–Crippen LogP) is 2.52. The van der Waals surface area contributed by atoms with Crippen LogP contribution in [-0.2, 0) is 9.59 Å². The van der Waals surface area contributed by atoms with Crippen molar-refractivity contribution in [1.29, 1.82) is 0 Å². The van der Waals surface area contributed by atoms with E-state index in [0.29, 0.717) is 19.6 Å². The second kappa shape index (κ2) is 8.47. The van der Waals surface area contributed by atoms with Gasteiger partial charge in [-0.25, -0.2) is 0 Å². The first kappa shape index (κ1) is 18.6. The molecule has 1 fully saturated rings. The van der Waals surface area contributed by atoms with E-state index >= 15 is 0 Å². The number of amides is 2. The molecule has 138 valence electrons. The molecule has 3 atom stereocenters. The Kier molecular flexibility index (Phi) is 6.06. The molecule has 2 amide bonds. The van der Waals surface area contributed by atoms with Crippen LogP contribution in [0.5, 0.6) is 0 Å². The molecule has 1 aromatic carbocycles. The van der Waals surface area contributed by atoms with Gasteiger partial charge in [0, 0.05) is 30.8 Å². The Bertz CT molecular complexity index is 733. The van der Waals surface area contributed by atoms with E-state index in [9.17, 15) is 9.59 Å². The van der Waals surface area contributed by atoms with Gasteiger partial charge in [0.1, 0.15) is 0 Å². The third-order valence-electron chi connectivity index (χ3n) is 4.97. The summed E-state index contributed by atoms with van der Waals surface area (Å²) in [7, 11) is 0. The second-order valence-corrected chi connectivity index (χ2v) is 7.76. The lowest BCUT2D eigenvalue weighted by Crippen LogP contribution is -2.35. The Morgan fingerprint density at radius 3 is 2.62 bits per heavy atom. The van der Waals surface area contributed by atoms with Gasteiger partial charge in [-0.15, -0.1) is 11.3 Å². The number of carbonyl (C=O) groups excluding carboxylic acids is 2. The molecule has 6 heteroatoms. The fourth-order valence-corrected chi connectivity index (χ4v) is 4.43. The van der Waals surface area contributed by atoms with Crippen LogP contribution in [0.1, 0.15) is 35.7 Å². The third-order valence-corrected chi connectivity index (χ3v) is 5.95. The Morgan fingerprint density at radius 1 is 1.23 bits per heavy atom. The largest absolute Gasteiger partial charge is 0.348 e. The van der Waals surface area contributed by atoms with Crippen LogP contribution in [0.25, 0.3) is 0 Å². The van der Waals surface area contributed by atoms with Crippen molar-refractivity contribution in [3.8, 4) is 0 Å². The highest BCUT2D eigenvalue weighted by molar-refractivity contribution is 7.10. The van der Waals surface area contributed by atoms with E-state index in [1.165, 1.54) is 12.5 Å². The van der Waals surface area contributed by atoms with E-state index in [1.54, 1.807) is 11.3 Å². The molecule has 0 bridgehead atoms. The first-order valence-electron chi connectivity index (χ1n) is 8.91. The Labute approximate surface area is 158 Å². The number of benzene rings is 1.